The Bertz CT molecular complexity index is 2580. The van der Waals surface area contributed by atoms with Crippen LogP contribution >= 0.6 is 0 Å². The van der Waals surface area contributed by atoms with Gasteiger partial charge in [-0.25, -0.2) is 16.2 Å². The Hall–Kier alpha value is 4.84. The quantitative estimate of drug-likeness (QED) is 0.0153. The fraction of sp³-hybridized carbons (Fsp3) is 0.896. The maximum absolute atomic E-state index is 11.7. The average molecular weight is 2630 g/mol. The molecule has 125 heavy (non-hydrogen) atoms. The number of carbonyl (C=O) groups excluding carboxylic acids is 3. The van der Waals surface area contributed by atoms with E-state index in [2.05, 4.69) is 106 Å². The molecular formula is C96H182Gd6N8O15-4. The second-order valence-corrected chi connectivity index (χ2v) is 39.0. The topological polar surface area (TPSA) is 385 Å². The van der Waals surface area contributed by atoms with Gasteiger partial charge in [-0.2, -0.15) is 6.61 Å². The van der Waals surface area contributed by atoms with Gasteiger partial charge in [0.15, 0.2) is 11.9 Å². The van der Waals surface area contributed by atoms with Gasteiger partial charge in [0.25, 0.3) is 5.78 Å². The summed E-state index contributed by atoms with van der Waals surface area (Å²) in [5.41, 5.74) is 6.98. The third kappa shape index (κ3) is 68.6. The Balaban J connectivity index is -0.000000445. The van der Waals surface area contributed by atoms with Crippen molar-refractivity contribution in [2.24, 2.45) is 41.4 Å². The van der Waals surface area contributed by atoms with Crippen molar-refractivity contribution in [3.05, 3.63) is 38.0 Å². The molecule has 1 aliphatic heterocycles. The number of carboxylic acids is 2. The second kappa shape index (κ2) is 84.5. The van der Waals surface area contributed by atoms with Gasteiger partial charge in [-0.05, 0) is 105 Å². The molecule has 1 saturated heterocycles. The van der Waals surface area contributed by atoms with E-state index in [-0.39, 0.29) is 318 Å². The number of ether oxygens (including phenoxy) is 1. The monoisotopic (exact) mass is 2630 g/mol. The van der Waals surface area contributed by atoms with Crippen LogP contribution in [0.2, 0.25) is 0 Å². The molecule has 7 saturated carbocycles. The third-order valence-corrected chi connectivity index (χ3v) is 25.3. The normalized spacial score (nSPS) is 21.0. The number of aliphatic hydroxyl groups excluding tert-OH is 7. The first kappa shape index (κ1) is 138. The maximum Gasteiger partial charge on any atom is 0.373 e. The van der Waals surface area contributed by atoms with Gasteiger partial charge < -0.3 is 98.4 Å². The number of aliphatic hydroxyl groups is 7. The molecule has 0 radical (unpaired) electrons. The molecule has 8 rings (SSSR count). The minimum atomic E-state index is -1.32. The number of Topliss-reactive ketones (excluding diaryl/α,β-unsaturated/α-hetero) is 1. The Labute approximate surface area is 953 Å². The van der Waals surface area contributed by atoms with Gasteiger partial charge in [-0.1, -0.05) is 335 Å². The molecule has 1 amide bonds. The maximum atomic E-state index is 11.7. The van der Waals surface area contributed by atoms with Crippen molar-refractivity contribution in [3.63, 3.8) is 0 Å². The van der Waals surface area contributed by atoms with Crippen LogP contribution in [0.5, 0.6) is 0 Å². The molecule has 0 aromatic heterocycles. The van der Waals surface area contributed by atoms with Crippen LogP contribution in [-0.4, -0.2) is 203 Å². The second-order valence-electron chi connectivity index (χ2n) is 39.0. The van der Waals surface area contributed by atoms with Gasteiger partial charge in [0.05, 0.1) is 30.2 Å². The Kier molecular flexibility index (Phi) is 93.5. The summed E-state index contributed by atoms with van der Waals surface area (Å²) in [6.07, 6.45) is 51.6. The Morgan fingerprint density at radius 3 is 0.928 bits per heavy atom. The van der Waals surface area contributed by atoms with E-state index >= 15 is 0 Å². The van der Waals surface area contributed by atoms with E-state index in [1.165, 1.54) is 218 Å². The van der Waals surface area contributed by atoms with Crippen LogP contribution in [0, 0.1) is 301 Å². The minimum Gasteiger partial charge on any atom is -0.668 e. The van der Waals surface area contributed by atoms with Gasteiger partial charge in [0.2, 0.25) is 0 Å². The standard InChI is InChI=1S/C15H28NO2.C14H28N2O2.C14H28NO2.C14H25NO.C13H25NO3.C13H23NO3.C13H26NO2.6Gd/c1-11(2)16-13(15(17)14-8-9-18-14)10-12-6-4-3-5-7-12;1-10(2)16-12(13(17)9-14(15)18)8-11-6-4-3-5-7-11;1-11(2)15-13(14(17)8-9-16)10-12-6-4-3-5-7-12;1-4-14(16)13(15-11(2)3)10-12-8-6-5-7-9-12;2*1-9(2)14-11(12(15)13(16)17)8-10-6-4-3-5-7-10;1-10(2)14-12(13(16)9-15)8-11-6-4-3-5-7-11;;;;;;/h8,11-17H,3-7,9-10H2,1-2H3;10-13,16-17H,3-9H2,1-2H3,(H2,15,18);9,11-17H,3-8,10H2,1-2H3;4,11-13,15H,1,5-10H2,2-3H3;9-12,14-15H,3-8H2,1-2H3,(H,16,17);9-11,14H,3-8H2,1-2H3,(H,16,17);9-16H,3-8H2,1-2H3;;;;;;/q-1;;-1;;;;-1;;;;;;/p-1. The summed E-state index contributed by atoms with van der Waals surface area (Å²) >= 11 is 0. The molecule has 8 aliphatic rings. The summed E-state index contributed by atoms with van der Waals surface area (Å²) in [7, 11) is 0. The third-order valence-electron chi connectivity index (χ3n) is 25.3. The molecule has 13 unspecified atom stereocenters. The van der Waals surface area contributed by atoms with Gasteiger partial charge in [0, 0.05) is 325 Å². The summed E-state index contributed by atoms with van der Waals surface area (Å²) in [5.74, 6) is 1.03. The van der Waals surface area contributed by atoms with Crippen molar-refractivity contribution >= 4 is 29.4 Å². The van der Waals surface area contributed by atoms with Crippen molar-refractivity contribution in [2.45, 2.75) is 501 Å². The molecule has 748 valence electrons. The number of amides is 1. The molecule has 8 fully saturated rings. The molecule has 13 atom stereocenters. The summed E-state index contributed by atoms with van der Waals surface area (Å²) in [6, 6.07) is 1.46. The van der Waals surface area contributed by atoms with Gasteiger partial charge in [-0.3, -0.25) is 16.0 Å². The van der Waals surface area contributed by atoms with Crippen LogP contribution in [0.25, 0.3) is 5.73 Å². The van der Waals surface area contributed by atoms with Crippen molar-refractivity contribution in [1.29, 1.82) is 0 Å². The number of aliphatic carboxylic acids is 2. The summed E-state index contributed by atoms with van der Waals surface area (Å²) < 4.78 is 5.40. The molecule has 0 bridgehead atoms. The van der Waals surface area contributed by atoms with Crippen molar-refractivity contribution in [2.75, 3.05) is 6.61 Å². The fourth-order valence-corrected chi connectivity index (χ4v) is 19.3. The molecule has 23 nitrogen and oxygen atoms in total. The number of rotatable bonds is 44. The Morgan fingerprint density at radius 2 is 0.656 bits per heavy atom. The van der Waals surface area contributed by atoms with Crippen molar-refractivity contribution < 1.29 is 314 Å². The van der Waals surface area contributed by atoms with Gasteiger partial charge in [-0.15, -0.1) is 6.42 Å². The van der Waals surface area contributed by atoms with E-state index in [0.717, 1.165) is 82.3 Å². The molecule has 7 aliphatic carbocycles. The molecule has 0 aromatic carbocycles. The Morgan fingerprint density at radius 1 is 0.392 bits per heavy atom. The van der Waals surface area contributed by atoms with Gasteiger partial charge in [0.1, 0.15) is 0 Å². The number of hydrogen-bond acceptors (Lipinski definition) is 20. The summed E-state index contributed by atoms with van der Waals surface area (Å²) in [5, 5.41) is 109. The number of hydrogen-bond donors (Lipinski definition) is 16. The zero-order valence-electron chi connectivity index (χ0n) is 79.5. The first-order chi connectivity index (χ1) is 56.5. The van der Waals surface area contributed by atoms with E-state index in [9.17, 15) is 49.5 Å². The minimum absolute atomic E-state index is 0. The zero-order chi connectivity index (χ0) is 88.8. The molecule has 0 spiro atoms. The number of carbonyl (C=O) groups is 5. The van der Waals surface area contributed by atoms with E-state index in [4.69, 9.17) is 30.9 Å². The number of nitrogens with one attached hydrogen (secondary N) is 8. The summed E-state index contributed by atoms with van der Waals surface area (Å²) in [6.45, 7) is 35.0. The van der Waals surface area contributed by atoms with Crippen molar-refractivity contribution in [1.82, 2.24) is 37.2 Å². The largest absolute Gasteiger partial charge is 0.668 e. The predicted molar refractivity (Wildman–Crippen MR) is 483 cm³/mol. The van der Waals surface area contributed by atoms with E-state index in [1.54, 1.807) is 0 Å². The van der Waals surface area contributed by atoms with Crippen molar-refractivity contribution in [3.8, 4) is 0 Å². The van der Waals surface area contributed by atoms with E-state index in [0.29, 0.717) is 67.3 Å². The van der Waals surface area contributed by atoms with Crippen LogP contribution in [0.1, 0.15) is 379 Å². The zero-order valence-corrected chi connectivity index (χ0v) is 93.1. The SMILES string of the molecule is C=CC(=O)C(CC1CCCCC1)NC(C)C.CC(C)NC(CC1CCCCC1)C(=O)C(=O)O.CC(C)NC(CC1CCCCC1)C(O)C(=O)O.CC(C)NC(CC1CCCCC1)C(O)C1[CH-]CO1.CC(C)NC(CC1CCCCC1)C(O)CC([NH-])=O.CC(C)NC(CC1CCCCC1)C(O)C[CH-]O.CC(C)NC(CC1CCCCC1)C(O)[CH-]O.[Gd].[Gd].[Gd].[Gd].[Gd].[Gd]. The van der Waals surface area contributed by atoms with E-state index < -0.39 is 54.1 Å². The molecule has 0 aromatic rings. The molecule has 17 N–H and O–H groups in total. The van der Waals surface area contributed by atoms with Crippen LogP contribution in [0.4, 0.5) is 0 Å². The van der Waals surface area contributed by atoms with Gasteiger partial charge >= 0.3 is 11.9 Å². The average Bonchev–Trinajstić information content (AvgIpc) is 0.838. The predicted octanol–water partition coefficient (Wildman–Crippen LogP) is 16.6. The number of ketones is 2. The molecular weight excluding hydrogens is 2450 g/mol. The van der Waals surface area contributed by atoms with Crippen LogP contribution < -0.4 is 37.2 Å². The van der Waals surface area contributed by atoms with Crippen LogP contribution in [-0.2, 0) is 28.7 Å². The van der Waals surface area contributed by atoms with Crippen LogP contribution in [0.3, 0.4) is 0 Å². The molecule has 29 heteroatoms. The summed E-state index contributed by atoms with van der Waals surface area (Å²) in [4.78, 5) is 55.8. The van der Waals surface area contributed by atoms with E-state index in [1.807, 2.05) is 41.5 Å². The van der Waals surface area contributed by atoms with Crippen LogP contribution in [0.15, 0.2) is 12.7 Å². The fourth-order valence-electron chi connectivity index (χ4n) is 19.3. The first-order valence-electron chi connectivity index (χ1n) is 48.1. The molecule has 1 heterocycles. The first-order valence-corrected chi connectivity index (χ1v) is 48.1. The smallest absolute Gasteiger partial charge is 0.373 e. The number of carboxylic acid groups (broad SMARTS) is 2.